The Hall–Kier alpha value is -5.11. The molecular weight excluding hydrogens is 464 g/mol. The quantitative estimate of drug-likeness (QED) is 0.247. The Kier molecular flexibility index (Phi) is 7.08. The summed E-state index contributed by atoms with van der Waals surface area (Å²) in [4.78, 5) is 30.2. The lowest BCUT2D eigenvalue weighted by molar-refractivity contribution is 0.0526. The maximum atomic E-state index is 12.5. The van der Waals surface area contributed by atoms with Crippen molar-refractivity contribution in [1.82, 2.24) is 19.9 Å². The van der Waals surface area contributed by atoms with Crippen molar-refractivity contribution in [3.05, 3.63) is 109 Å². The molecule has 0 bridgehead atoms. The number of aromatic nitrogens is 4. The van der Waals surface area contributed by atoms with E-state index in [4.69, 9.17) is 4.74 Å². The monoisotopic (exact) mass is 488 g/mol. The van der Waals surface area contributed by atoms with Gasteiger partial charge in [-0.25, -0.2) is 24.7 Å². The summed E-state index contributed by atoms with van der Waals surface area (Å²) in [6.45, 7) is 2.02. The van der Waals surface area contributed by atoms with Crippen LogP contribution in [-0.2, 0) is 4.74 Å². The third kappa shape index (κ3) is 5.76. The second-order valence-electron chi connectivity index (χ2n) is 8.02. The molecule has 5 aromatic rings. The Bertz CT molecular complexity index is 1490. The van der Waals surface area contributed by atoms with Crippen LogP contribution in [-0.4, -0.2) is 32.5 Å². The highest BCUT2D eigenvalue weighted by Gasteiger charge is 2.17. The van der Waals surface area contributed by atoms with Crippen molar-refractivity contribution >= 4 is 29.0 Å². The maximum absolute atomic E-state index is 12.5. The topological polar surface area (TPSA) is 102 Å². The minimum Gasteiger partial charge on any atom is -0.462 e. The lowest BCUT2D eigenvalue weighted by Crippen LogP contribution is -2.11. The van der Waals surface area contributed by atoms with E-state index in [1.807, 2.05) is 91.0 Å². The number of carbonyl (C=O) groups is 1. The van der Waals surface area contributed by atoms with Crippen LogP contribution in [0.3, 0.4) is 0 Å². The number of benzene rings is 3. The summed E-state index contributed by atoms with van der Waals surface area (Å²) >= 11 is 0. The number of nitrogens with zero attached hydrogens (tertiary/aromatic N) is 4. The predicted molar refractivity (Wildman–Crippen MR) is 144 cm³/mol. The molecule has 0 aliphatic rings. The smallest absolute Gasteiger partial charge is 0.343 e. The molecule has 2 heterocycles. The first-order valence-corrected chi connectivity index (χ1v) is 11.8. The molecule has 0 amide bonds. The Balaban J connectivity index is 1.36. The number of rotatable bonds is 8. The van der Waals surface area contributed by atoms with E-state index in [0.29, 0.717) is 17.5 Å². The summed E-state index contributed by atoms with van der Waals surface area (Å²) in [6.07, 6.45) is 3.03. The Morgan fingerprint density at radius 3 is 2.11 bits per heavy atom. The first kappa shape index (κ1) is 23.6. The van der Waals surface area contributed by atoms with Crippen molar-refractivity contribution in [3.8, 4) is 22.6 Å². The van der Waals surface area contributed by atoms with E-state index in [1.165, 1.54) is 12.5 Å². The molecule has 0 radical (unpaired) electrons. The minimum atomic E-state index is -0.485. The van der Waals surface area contributed by atoms with Crippen molar-refractivity contribution in [3.63, 3.8) is 0 Å². The van der Waals surface area contributed by atoms with Gasteiger partial charge < -0.3 is 15.4 Å². The SMILES string of the molecule is CCOC(=O)c1cnc(-c2ccccc2)nc1Nc1ccc(Nc2cc(-c3ccccc3)ncn2)cc1. The highest BCUT2D eigenvalue weighted by molar-refractivity contribution is 5.95. The highest BCUT2D eigenvalue weighted by Crippen LogP contribution is 2.26. The number of ether oxygens (including phenoxy) is 1. The van der Waals surface area contributed by atoms with Gasteiger partial charge in [0.2, 0.25) is 0 Å². The zero-order valence-corrected chi connectivity index (χ0v) is 20.1. The van der Waals surface area contributed by atoms with Crippen LogP contribution >= 0.6 is 0 Å². The van der Waals surface area contributed by atoms with E-state index in [9.17, 15) is 4.79 Å². The second kappa shape index (κ2) is 11.1. The van der Waals surface area contributed by atoms with Crippen molar-refractivity contribution in [1.29, 1.82) is 0 Å². The Morgan fingerprint density at radius 1 is 0.784 bits per heavy atom. The Morgan fingerprint density at radius 2 is 1.43 bits per heavy atom. The van der Waals surface area contributed by atoms with Crippen LogP contribution in [0.25, 0.3) is 22.6 Å². The van der Waals surface area contributed by atoms with Crippen LogP contribution in [0, 0.1) is 0 Å². The normalized spacial score (nSPS) is 10.5. The van der Waals surface area contributed by atoms with Gasteiger partial charge in [0.15, 0.2) is 5.82 Å². The molecule has 0 atom stereocenters. The van der Waals surface area contributed by atoms with Gasteiger partial charge in [0.1, 0.15) is 23.5 Å². The molecular formula is C29H24N6O2. The van der Waals surface area contributed by atoms with Crippen LogP contribution in [0.2, 0.25) is 0 Å². The van der Waals surface area contributed by atoms with E-state index in [1.54, 1.807) is 6.92 Å². The van der Waals surface area contributed by atoms with Crippen LogP contribution in [0.4, 0.5) is 23.0 Å². The molecule has 8 heteroatoms. The van der Waals surface area contributed by atoms with E-state index in [2.05, 4.69) is 30.6 Å². The van der Waals surface area contributed by atoms with E-state index < -0.39 is 5.97 Å². The summed E-state index contributed by atoms with van der Waals surface area (Å²) in [6, 6.07) is 29.0. The van der Waals surface area contributed by atoms with Gasteiger partial charge in [0, 0.05) is 34.8 Å². The van der Waals surface area contributed by atoms with Crippen LogP contribution in [0.1, 0.15) is 17.3 Å². The Labute approximate surface area is 214 Å². The van der Waals surface area contributed by atoms with Gasteiger partial charge >= 0.3 is 5.97 Å². The summed E-state index contributed by atoms with van der Waals surface area (Å²) < 4.78 is 5.20. The predicted octanol–water partition coefficient (Wildman–Crippen LogP) is 6.26. The molecule has 0 saturated heterocycles. The minimum absolute atomic E-state index is 0.258. The molecule has 182 valence electrons. The lowest BCUT2D eigenvalue weighted by atomic mass is 10.1. The summed E-state index contributed by atoms with van der Waals surface area (Å²) in [5.41, 5.74) is 4.56. The van der Waals surface area contributed by atoms with Gasteiger partial charge in [0.25, 0.3) is 0 Å². The number of hydrogen-bond acceptors (Lipinski definition) is 8. The highest BCUT2D eigenvalue weighted by atomic mass is 16.5. The zero-order valence-electron chi connectivity index (χ0n) is 20.1. The maximum Gasteiger partial charge on any atom is 0.343 e. The molecule has 37 heavy (non-hydrogen) atoms. The van der Waals surface area contributed by atoms with Crippen molar-refractivity contribution < 1.29 is 9.53 Å². The number of esters is 1. The van der Waals surface area contributed by atoms with Gasteiger partial charge in [-0.05, 0) is 31.2 Å². The van der Waals surface area contributed by atoms with Crippen LogP contribution < -0.4 is 10.6 Å². The van der Waals surface area contributed by atoms with Gasteiger partial charge in [-0.2, -0.15) is 0 Å². The molecule has 0 aliphatic heterocycles. The van der Waals surface area contributed by atoms with Crippen molar-refractivity contribution in [2.75, 3.05) is 17.2 Å². The third-order valence-electron chi connectivity index (χ3n) is 5.47. The fraction of sp³-hybridized carbons (Fsp3) is 0.0690. The van der Waals surface area contributed by atoms with E-state index >= 15 is 0 Å². The number of hydrogen-bond donors (Lipinski definition) is 2. The standard InChI is InChI=1S/C29H24N6O2/c1-2-37-29(36)24-18-30-27(21-11-7-4-8-12-21)35-28(24)34-23-15-13-22(14-16-23)33-26-17-25(31-19-32-26)20-9-5-3-6-10-20/h3-19H,2H2,1H3,(H,30,34,35)(H,31,32,33). The van der Waals surface area contributed by atoms with Crippen molar-refractivity contribution in [2.45, 2.75) is 6.92 Å². The number of nitrogens with one attached hydrogen (secondary N) is 2. The summed E-state index contributed by atoms with van der Waals surface area (Å²) in [7, 11) is 0. The molecule has 5 rings (SSSR count). The van der Waals surface area contributed by atoms with Crippen LogP contribution in [0.15, 0.2) is 104 Å². The molecule has 0 spiro atoms. The average Bonchev–Trinajstić information content (AvgIpc) is 2.95. The largest absolute Gasteiger partial charge is 0.462 e. The first-order valence-electron chi connectivity index (χ1n) is 11.8. The molecule has 8 nitrogen and oxygen atoms in total. The van der Waals surface area contributed by atoms with E-state index in [0.717, 1.165) is 28.2 Å². The number of carbonyl (C=O) groups excluding carboxylic acids is 1. The molecule has 3 aromatic carbocycles. The van der Waals surface area contributed by atoms with Crippen molar-refractivity contribution in [2.24, 2.45) is 0 Å². The second-order valence-corrected chi connectivity index (χ2v) is 8.02. The van der Waals surface area contributed by atoms with Gasteiger partial charge in [-0.15, -0.1) is 0 Å². The van der Waals surface area contributed by atoms with Crippen LogP contribution in [0.5, 0.6) is 0 Å². The lowest BCUT2D eigenvalue weighted by Gasteiger charge is -2.13. The fourth-order valence-corrected chi connectivity index (χ4v) is 3.68. The average molecular weight is 489 g/mol. The third-order valence-corrected chi connectivity index (χ3v) is 5.47. The first-order chi connectivity index (χ1) is 18.2. The molecule has 2 N–H and O–H groups in total. The molecule has 0 saturated carbocycles. The van der Waals surface area contributed by atoms with E-state index in [-0.39, 0.29) is 12.2 Å². The number of anilines is 4. The molecule has 0 unspecified atom stereocenters. The molecule has 0 aliphatic carbocycles. The molecule has 2 aromatic heterocycles. The summed E-state index contributed by atoms with van der Waals surface area (Å²) in [5.74, 6) is 1.08. The zero-order chi connectivity index (χ0) is 25.5. The summed E-state index contributed by atoms with van der Waals surface area (Å²) in [5, 5.41) is 6.54. The van der Waals surface area contributed by atoms with Gasteiger partial charge in [-0.3, -0.25) is 0 Å². The fourth-order valence-electron chi connectivity index (χ4n) is 3.68. The van der Waals surface area contributed by atoms with Gasteiger partial charge in [0.05, 0.1) is 12.3 Å². The molecule has 0 fully saturated rings. The van der Waals surface area contributed by atoms with Gasteiger partial charge in [-0.1, -0.05) is 60.7 Å².